The van der Waals surface area contributed by atoms with Gasteiger partial charge in [0.2, 0.25) is 0 Å². The maximum absolute atomic E-state index is 6.14. The molecule has 1 unspecified atom stereocenters. The normalized spacial score (nSPS) is 24.8. The maximum atomic E-state index is 6.14. The first-order valence-electron chi connectivity index (χ1n) is 7.15. The van der Waals surface area contributed by atoms with Crippen LogP contribution in [0.2, 0.25) is 0 Å². The van der Waals surface area contributed by atoms with Crippen molar-refractivity contribution in [3.63, 3.8) is 0 Å². The van der Waals surface area contributed by atoms with E-state index in [-0.39, 0.29) is 5.54 Å². The van der Waals surface area contributed by atoms with Crippen LogP contribution in [0.5, 0.6) is 0 Å². The van der Waals surface area contributed by atoms with Crippen LogP contribution in [0.25, 0.3) is 0 Å². The molecule has 0 spiro atoms. The summed E-state index contributed by atoms with van der Waals surface area (Å²) in [6.07, 6.45) is 9.21. The number of hydrogen-bond donors (Lipinski definition) is 2. The maximum Gasteiger partial charge on any atom is 0.128 e. The molecule has 1 aromatic rings. The SMILES string of the molecule is CCCC1(c2cc(C)cnc2N)CCCCCN1. The quantitative estimate of drug-likeness (QED) is 0.862. The number of aryl methyl sites for hydroxylation is 1. The number of hydrogen-bond acceptors (Lipinski definition) is 3. The fourth-order valence-corrected chi connectivity index (χ4v) is 3.11. The van der Waals surface area contributed by atoms with Crippen molar-refractivity contribution in [2.45, 2.75) is 57.9 Å². The molecule has 100 valence electrons. The van der Waals surface area contributed by atoms with Gasteiger partial charge in [0.05, 0.1) is 0 Å². The minimum atomic E-state index is 0.0500. The molecule has 1 aromatic heterocycles. The van der Waals surface area contributed by atoms with Crippen molar-refractivity contribution >= 4 is 5.82 Å². The van der Waals surface area contributed by atoms with Gasteiger partial charge in [-0.1, -0.05) is 26.2 Å². The minimum absolute atomic E-state index is 0.0500. The van der Waals surface area contributed by atoms with E-state index < -0.39 is 0 Å². The molecule has 1 saturated heterocycles. The van der Waals surface area contributed by atoms with Gasteiger partial charge in [0.25, 0.3) is 0 Å². The third-order valence-electron chi connectivity index (χ3n) is 3.99. The zero-order valence-corrected chi connectivity index (χ0v) is 11.6. The third kappa shape index (κ3) is 2.66. The van der Waals surface area contributed by atoms with Gasteiger partial charge in [0, 0.05) is 17.3 Å². The number of nitrogens with two attached hydrogens (primary N) is 1. The first-order chi connectivity index (χ1) is 8.68. The summed E-state index contributed by atoms with van der Waals surface area (Å²) >= 11 is 0. The number of aromatic nitrogens is 1. The second-order valence-corrected chi connectivity index (χ2v) is 5.52. The molecule has 2 rings (SSSR count). The van der Waals surface area contributed by atoms with Crippen molar-refractivity contribution in [2.75, 3.05) is 12.3 Å². The van der Waals surface area contributed by atoms with Crippen LogP contribution in [0.15, 0.2) is 12.3 Å². The zero-order valence-electron chi connectivity index (χ0n) is 11.6. The standard InChI is InChI=1S/C15H25N3/c1-3-7-15(8-5-4-6-9-18-15)13-10-12(2)11-17-14(13)16/h10-11,18H,3-9H2,1-2H3,(H2,16,17). The van der Waals surface area contributed by atoms with Crippen molar-refractivity contribution in [1.29, 1.82) is 0 Å². The molecule has 1 aliphatic heterocycles. The molecular weight excluding hydrogens is 222 g/mol. The topological polar surface area (TPSA) is 50.9 Å². The van der Waals surface area contributed by atoms with Gasteiger partial charge in [0.15, 0.2) is 0 Å². The monoisotopic (exact) mass is 247 g/mol. The van der Waals surface area contributed by atoms with Crippen molar-refractivity contribution < 1.29 is 0 Å². The Morgan fingerprint density at radius 1 is 1.39 bits per heavy atom. The van der Waals surface area contributed by atoms with Gasteiger partial charge in [-0.05, 0) is 44.4 Å². The number of nitrogens with one attached hydrogen (secondary N) is 1. The highest BCUT2D eigenvalue weighted by Gasteiger charge is 2.33. The summed E-state index contributed by atoms with van der Waals surface area (Å²) in [4.78, 5) is 4.35. The zero-order chi connectivity index (χ0) is 13.0. The molecule has 3 N–H and O–H groups in total. The van der Waals surface area contributed by atoms with Crippen LogP contribution in [0, 0.1) is 6.92 Å². The summed E-state index contributed by atoms with van der Waals surface area (Å²) < 4.78 is 0. The van der Waals surface area contributed by atoms with Crippen LogP contribution in [0.1, 0.15) is 56.6 Å². The van der Waals surface area contributed by atoms with Gasteiger partial charge in [-0.25, -0.2) is 4.98 Å². The average Bonchev–Trinajstić information content (AvgIpc) is 2.59. The van der Waals surface area contributed by atoms with E-state index in [9.17, 15) is 0 Å². The number of rotatable bonds is 3. The molecule has 3 heteroatoms. The highest BCUT2D eigenvalue weighted by atomic mass is 15.0. The Morgan fingerprint density at radius 3 is 3.00 bits per heavy atom. The lowest BCUT2D eigenvalue weighted by molar-refractivity contribution is 0.297. The average molecular weight is 247 g/mol. The molecule has 1 fully saturated rings. The Labute approximate surface area is 110 Å². The first kappa shape index (κ1) is 13.3. The van der Waals surface area contributed by atoms with Crippen molar-refractivity contribution in [3.05, 3.63) is 23.4 Å². The summed E-state index contributed by atoms with van der Waals surface area (Å²) in [6, 6.07) is 2.22. The molecule has 0 amide bonds. The Hall–Kier alpha value is -1.09. The summed E-state index contributed by atoms with van der Waals surface area (Å²) in [5.74, 6) is 0.698. The van der Waals surface area contributed by atoms with Crippen molar-refractivity contribution in [3.8, 4) is 0 Å². The van der Waals surface area contributed by atoms with Gasteiger partial charge in [-0.3, -0.25) is 0 Å². The van der Waals surface area contributed by atoms with E-state index in [4.69, 9.17) is 5.73 Å². The molecule has 0 radical (unpaired) electrons. The number of nitrogen functional groups attached to an aromatic ring is 1. The Bertz CT molecular complexity index is 393. The first-order valence-corrected chi connectivity index (χ1v) is 7.15. The molecule has 0 saturated carbocycles. The van der Waals surface area contributed by atoms with Gasteiger partial charge >= 0.3 is 0 Å². The predicted octanol–water partition coefficient (Wildman–Crippen LogP) is 3.13. The van der Waals surface area contributed by atoms with E-state index in [0.29, 0.717) is 5.82 Å². The smallest absolute Gasteiger partial charge is 0.128 e. The van der Waals surface area contributed by atoms with Crippen LogP contribution >= 0.6 is 0 Å². The van der Waals surface area contributed by atoms with Crippen LogP contribution in [-0.4, -0.2) is 11.5 Å². The molecular formula is C15H25N3. The number of pyridine rings is 1. The van der Waals surface area contributed by atoms with E-state index in [1.165, 1.54) is 43.2 Å². The fraction of sp³-hybridized carbons (Fsp3) is 0.667. The van der Waals surface area contributed by atoms with Gasteiger partial charge in [0.1, 0.15) is 5.82 Å². The highest BCUT2D eigenvalue weighted by Crippen LogP contribution is 2.36. The largest absolute Gasteiger partial charge is 0.383 e. The van der Waals surface area contributed by atoms with E-state index >= 15 is 0 Å². The molecule has 0 aliphatic carbocycles. The van der Waals surface area contributed by atoms with Gasteiger partial charge in [-0.15, -0.1) is 0 Å². The minimum Gasteiger partial charge on any atom is -0.383 e. The highest BCUT2D eigenvalue weighted by molar-refractivity contribution is 5.46. The third-order valence-corrected chi connectivity index (χ3v) is 3.99. The molecule has 3 nitrogen and oxygen atoms in total. The number of nitrogens with zero attached hydrogens (tertiary/aromatic N) is 1. The molecule has 0 aromatic carbocycles. The fourth-order valence-electron chi connectivity index (χ4n) is 3.11. The lowest BCUT2D eigenvalue weighted by atomic mass is 9.81. The van der Waals surface area contributed by atoms with Gasteiger partial charge in [-0.2, -0.15) is 0 Å². The molecule has 0 bridgehead atoms. The van der Waals surface area contributed by atoms with Crippen LogP contribution in [0.3, 0.4) is 0 Å². The molecule has 2 heterocycles. The molecule has 1 aliphatic rings. The van der Waals surface area contributed by atoms with Crippen LogP contribution in [0.4, 0.5) is 5.82 Å². The summed E-state index contributed by atoms with van der Waals surface area (Å²) in [5.41, 5.74) is 8.59. The van der Waals surface area contributed by atoms with Gasteiger partial charge < -0.3 is 11.1 Å². The molecule has 1 atom stereocenters. The Morgan fingerprint density at radius 2 is 2.22 bits per heavy atom. The Kier molecular flexibility index (Phi) is 4.23. The van der Waals surface area contributed by atoms with E-state index in [2.05, 4.69) is 30.2 Å². The second-order valence-electron chi connectivity index (χ2n) is 5.52. The van der Waals surface area contributed by atoms with E-state index in [0.717, 1.165) is 13.0 Å². The summed E-state index contributed by atoms with van der Waals surface area (Å²) in [6.45, 7) is 5.42. The molecule has 18 heavy (non-hydrogen) atoms. The van der Waals surface area contributed by atoms with Crippen molar-refractivity contribution in [1.82, 2.24) is 10.3 Å². The predicted molar refractivity (Wildman–Crippen MR) is 76.4 cm³/mol. The van der Waals surface area contributed by atoms with E-state index in [1.807, 2.05) is 6.20 Å². The Balaban J connectivity index is 2.41. The lowest BCUT2D eigenvalue weighted by Gasteiger charge is -2.35. The van der Waals surface area contributed by atoms with Crippen LogP contribution < -0.4 is 11.1 Å². The van der Waals surface area contributed by atoms with Crippen molar-refractivity contribution in [2.24, 2.45) is 0 Å². The second kappa shape index (κ2) is 5.70. The van der Waals surface area contributed by atoms with Crippen LogP contribution in [-0.2, 0) is 5.54 Å². The van der Waals surface area contributed by atoms with E-state index in [1.54, 1.807) is 0 Å². The number of anilines is 1. The lowest BCUT2D eigenvalue weighted by Crippen LogP contribution is -2.42. The summed E-state index contributed by atoms with van der Waals surface area (Å²) in [5, 5.41) is 3.76. The summed E-state index contributed by atoms with van der Waals surface area (Å²) in [7, 11) is 0.